The number of rotatable bonds is 4. The smallest absolute Gasteiger partial charge is 0.268 e. The number of aryl methyl sites for hydroxylation is 1. The SMILES string of the molecule is Cc1cccc(N(C)S(=O)(=O)c2cc(CCl)oc2Br)c1. The highest BCUT2D eigenvalue weighted by molar-refractivity contribution is 9.10. The summed E-state index contributed by atoms with van der Waals surface area (Å²) in [4.78, 5) is 0.0668. The molecule has 2 rings (SSSR count). The van der Waals surface area contributed by atoms with Crippen LogP contribution in [0, 0.1) is 6.92 Å². The van der Waals surface area contributed by atoms with Crippen molar-refractivity contribution in [1.29, 1.82) is 0 Å². The Morgan fingerprint density at radius 2 is 2.05 bits per heavy atom. The van der Waals surface area contributed by atoms with Gasteiger partial charge in [0, 0.05) is 13.1 Å². The quantitative estimate of drug-likeness (QED) is 0.758. The number of anilines is 1. The molecule has 2 aromatic rings. The summed E-state index contributed by atoms with van der Waals surface area (Å²) in [6.07, 6.45) is 0. The van der Waals surface area contributed by atoms with Crippen LogP contribution in [0.4, 0.5) is 5.69 Å². The highest BCUT2D eigenvalue weighted by Gasteiger charge is 2.27. The van der Waals surface area contributed by atoms with Gasteiger partial charge in [0.05, 0.1) is 11.6 Å². The Morgan fingerprint density at radius 1 is 1.35 bits per heavy atom. The zero-order valence-corrected chi connectivity index (χ0v) is 14.1. The van der Waals surface area contributed by atoms with E-state index in [4.69, 9.17) is 16.0 Å². The van der Waals surface area contributed by atoms with Crippen LogP contribution in [0.1, 0.15) is 11.3 Å². The first-order valence-electron chi connectivity index (χ1n) is 5.76. The lowest BCUT2D eigenvalue weighted by Crippen LogP contribution is -2.26. The van der Waals surface area contributed by atoms with E-state index >= 15 is 0 Å². The van der Waals surface area contributed by atoms with E-state index < -0.39 is 10.0 Å². The van der Waals surface area contributed by atoms with E-state index in [1.54, 1.807) is 12.1 Å². The van der Waals surface area contributed by atoms with Gasteiger partial charge in [-0.2, -0.15) is 0 Å². The van der Waals surface area contributed by atoms with Crippen molar-refractivity contribution in [3.63, 3.8) is 0 Å². The molecule has 1 heterocycles. The molecule has 0 saturated carbocycles. The molecule has 108 valence electrons. The fourth-order valence-corrected chi connectivity index (χ4v) is 4.03. The van der Waals surface area contributed by atoms with Crippen molar-refractivity contribution in [3.8, 4) is 0 Å². The third-order valence-corrected chi connectivity index (χ3v) is 5.75. The second kappa shape index (κ2) is 5.79. The Bertz CT molecular complexity index is 727. The van der Waals surface area contributed by atoms with Crippen LogP contribution in [0.15, 0.2) is 44.3 Å². The molecule has 20 heavy (non-hydrogen) atoms. The van der Waals surface area contributed by atoms with Gasteiger partial charge >= 0.3 is 0 Å². The third-order valence-electron chi connectivity index (χ3n) is 2.84. The number of alkyl halides is 1. The van der Waals surface area contributed by atoms with Crippen LogP contribution in [0.25, 0.3) is 0 Å². The number of hydrogen-bond donors (Lipinski definition) is 0. The molecule has 0 unspecified atom stereocenters. The number of furan rings is 1. The maximum Gasteiger partial charge on any atom is 0.268 e. The lowest BCUT2D eigenvalue weighted by molar-refractivity contribution is 0.498. The van der Waals surface area contributed by atoms with Crippen LogP contribution in [-0.2, 0) is 15.9 Å². The highest BCUT2D eigenvalue weighted by atomic mass is 79.9. The summed E-state index contributed by atoms with van der Waals surface area (Å²) in [6.45, 7) is 1.91. The van der Waals surface area contributed by atoms with E-state index in [0.29, 0.717) is 11.4 Å². The molecule has 0 N–H and O–H groups in total. The van der Waals surface area contributed by atoms with Crippen molar-refractivity contribution >= 4 is 43.2 Å². The van der Waals surface area contributed by atoms with Crippen LogP contribution >= 0.6 is 27.5 Å². The maximum absolute atomic E-state index is 12.6. The van der Waals surface area contributed by atoms with E-state index in [1.165, 1.54) is 17.4 Å². The molecule has 7 heteroatoms. The number of halogens is 2. The number of hydrogen-bond acceptors (Lipinski definition) is 3. The Hall–Kier alpha value is -0.980. The number of sulfonamides is 1. The molecule has 0 aliphatic carbocycles. The van der Waals surface area contributed by atoms with Gasteiger partial charge < -0.3 is 4.42 Å². The molecule has 0 amide bonds. The Kier molecular flexibility index (Phi) is 4.46. The minimum atomic E-state index is -3.69. The summed E-state index contributed by atoms with van der Waals surface area (Å²) in [6, 6.07) is 8.68. The van der Waals surface area contributed by atoms with Crippen molar-refractivity contribution in [2.45, 2.75) is 17.7 Å². The highest BCUT2D eigenvalue weighted by Crippen LogP contribution is 2.31. The van der Waals surface area contributed by atoms with Crippen molar-refractivity contribution in [2.75, 3.05) is 11.4 Å². The second-order valence-electron chi connectivity index (χ2n) is 4.30. The monoisotopic (exact) mass is 377 g/mol. The van der Waals surface area contributed by atoms with Crippen LogP contribution in [-0.4, -0.2) is 15.5 Å². The van der Waals surface area contributed by atoms with Crippen LogP contribution in [0.3, 0.4) is 0 Å². The summed E-state index contributed by atoms with van der Waals surface area (Å²) in [5, 5.41) is 0. The van der Waals surface area contributed by atoms with Gasteiger partial charge in [-0.1, -0.05) is 12.1 Å². The largest absolute Gasteiger partial charge is 0.452 e. The van der Waals surface area contributed by atoms with Gasteiger partial charge in [0.15, 0.2) is 4.67 Å². The van der Waals surface area contributed by atoms with Crippen molar-refractivity contribution in [3.05, 3.63) is 46.3 Å². The average molecular weight is 379 g/mol. The second-order valence-corrected chi connectivity index (χ2v) is 7.22. The molecule has 0 bridgehead atoms. The molecule has 0 spiro atoms. The molecule has 0 aliphatic rings. The van der Waals surface area contributed by atoms with E-state index in [-0.39, 0.29) is 15.4 Å². The van der Waals surface area contributed by atoms with Gasteiger partial charge in [-0.05, 0) is 40.5 Å². The Balaban J connectivity index is 2.46. The molecule has 4 nitrogen and oxygen atoms in total. The molecule has 0 saturated heterocycles. The van der Waals surface area contributed by atoms with Gasteiger partial charge in [0.25, 0.3) is 10.0 Å². The summed E-state index contributed by atoms with van der Waals surface area (Å²) in [5.74, 6) is 0.511. The van der Waals surface area contributed by atoms with E-state index in [9.17, 15) is 8.42 Å². The molecular formula is C13H13BrClNO3S. The summed E-state index contributed by atoms with van der Waals surface area (Å²) in [7, 11) is -2.19. The Morgan fingerprint density at radius 3 is 2.60 bits per heavy atom. The fourth-order valence-electron chi connectivity index (χ4n) is 1.75. The zero-order chi connectivity index (χ0) is 14.9. The number of benzene rings is 1. The molecule has 0 aliphatic heterocycles. The topological polar surface area (TPSA) is 50.5 Å². The van der Waals surface area contributed by atoms with Gasteiger partial charge in [-0.25, -0.2) is 8.42 Å². The standard InChI is InChI=1S/C13H13BrClNO3S/c1-9-4-3-5-10(6-9)16(2)20(17,18)12-7-11(8-15)19-13(12)14/h3-7H,8H2,1-2H3. The fraction of sp³-hybridized carbons (Fsp3) is 0.231. The molecular weight excluding hydrogens is 366 g/mol. The average Bonchev–Trinajstić information content (AvgIpc) is 2.80. The van der Waals surface area contributed by atoms with E-state index in [1.807, 2.05) is 19.1 Å². The van der Waals surface area contributed by atoms with Crippen LogP contribution < -0.4 is 4.31 Å². The first kappa shape index (κ1) is 15.4. The van der Waals surface area contributed by atoms with Gasteiger partial charge in [-0.3, -0.25) is 4.31 Å². The van der Waals surface area contributed by atoms with Crippen molar-refractivity contribution < 1.29 is 12.8 Å². The molecule has 1 aromatic heterocycles. The first-order chi connectivity index (χ1) is 9.36. The van der Waals surface area contributed by atoms with E-state index in [2.05, 4.69) is 15.9 Å². The minimum absolute atomic E-state index is 0.0668. The van der Waals surface area contributed by atoms with Crippen molar-refractivity contribution in [1.82, 2.24) is 0 Å². The zero-order valence-electron chi connectivity index (χ0n) is 10.9. The summed E-state index contributed by atoms with van der Waals surface area (Å²) in [5.41, 5.74) is 1.57. The van der Waals surface area contributed by atoms with Gasteiger partial charge in [-0.15, -0.1) is 11.6 Å². The normalized spacial score (nSPS) is 11.6. The molecule has 1 aromatic carbocycles. The predicted octanol–water partition coefficient (Wildman–Crippen LogP) is 3.91. The minimum Gasteiger partial charge on any atom is -0.452 e. The Labute approximate surface area is 131 Å². The maximum atomic E-state index is 12.6. The van der Waals surface area contributed by atoms with Crippen LogP contribution in [0.2, 0.25) is 0 Å². The predicted molar refractivity (Wildman–Crippen MR) is 82.7 cm³/mol. The van der Waals surface area contributed by atoms with Gasteiger partial charge in [0.2, 0.25) is 0 Å². The third kappa shape index (κ3) is 2.87. The van der Waals surface area contributed by atoms with E-state index in [0.717, 1.165) is 5.56 Å². The van der Waals surface area contributed by atoms with Crippen LogP contribution in [0.5, 0.6) is 0 Å². The first-order valence-corrected chi connectivity index (χ1v) is 8.53. The lowest BCUT2D eigenvalue weighted by Gasteiger charge is -2.19. The van der Waals surface area contributed by atoms with Gasteiger partial charge in [0.1, 0.15) is 10.7 Å². The number of nitrogens with zero attached hydrogens (tertiary/aromatic N) is 1. The molecule has 0 atom stereocenters. The summed E-state index contributed by atoms with van der Waals surface area (Å²) < 4.78 is 31.8. The lowest BCUT2D eigenvalue weighted by atomic mass is 10.2. The molecule has 0 radical (unpaired) electrons. The van der Waals surface area contributed by atoms with Crippen molar-refractivity contribution in [2.24, 2.45) is 0 Å². The summed E-state index contributed by atoms with van der Waals surface area (Å²) >= 11 is 8.77. The molecule has 0 fully saturated rings.